The Hall–Kier alpha value is -4.89. The molecule has 40 heavy (non-hydrogen) atoms. The summed E-state index contributed by atoms with van der Waals surface area (Å²) in [6.07, 6.45) is 0. The molecule has 0 fully saturated rings. The van der Waals surface area contributed by atoms with Crippen molar-refractivity contribution in [1.82, 2.24) is 15.0 Å². The number of hydrogen-bond donors (Lipinski definition) is 0. The highest BCUT2D eigenvalue weighted by atomic mass is 15.0. The molecule has 1 heterocycles. The lowest BCUT2D eigenvalue weighted by Gasteiger charge is -2.12. The second-order valence-corrected chi connectivity index (χ2v) is 10.4. The first-order chi connectivity index (χ1) is 19.4. The van der Waals surface area contributed by atoms with Gasteiger partial charge in [0.25, 0.3) is 0 Å². The van der Waals surface area contributed by atoms with Gasteiger partial charge in [0.05, 0.1) is 0 Å². The molecular weight excluding hydrogens is 486 g/mol. The summed E-state index contributed by atoms with van der Waals surface area (Å²) in [7, 11) is 0. The number of rotatable bonds is 5. The summed E-state index contributed by atoms with van der Waals surface area (Å²) in [5, 5.41) is 0. The predicted octanol–water partition coefficient (Wildman–Crippen LogP) is 9.44. The maximum absolute atomic E-state index is 4.97. The molecule has 6 rings (SSSR count). The van der Waals surface area contributed by atoms with Crippen LogP contribution in [0.2, 0.25) is 0 Å². The van der Waals surface area contributed by atoms with Crippen LogP contribution in [0.15, 0.2) is 115 Å². The summed E-state index contributed by atoms with van der Waals surface area (Å²) in [6, 6.07) is 40.3. The Bertz CT molecular complexity index is 1760. The first kappa shape index (κ1) is 25.4. The summed E-state index contributed by atoms with van der Waals surface area (Å²) < 4.78 is 0. The molecule has 0 saturated heterocycles. The van der Waals surface area contributed by atoms with E-state index in [9.17, 15) is 0 Å². The minimum Gasteiger partial charge on any atom is -0.208 e. The molecule has 0 unspecified atom stereocenters. The zero-order chi connectivity index (χ0) is 27.6. The first-order valence-electron chi connectivity index (χ1n) is 13.6. The largest absolute Gasteiger partial charge is 0.208 e. The molecule has 5 aromatic carbocycles. The van der Waals surface area contributed by atoms with E-state index in [2.05, 4.69) is 137 Å². The molecule has 0 amide bonds. The van der Waals surface area contributed by atoms with E-state index >= 15 is 0 Å². The van der Waals surface area contributed by atoms with E-state index in [-0.39, 0.29) is 0 Å². The maximum Gasteiger partial charge on any atom is 0.164 e. The molecule has 3 nitrogen and oxygen atoms in total. The van der Waals surface area contributed by atoms with Gasteiger partial charge in [-0.1, -0.05) is 109 Å². The highest BCUT2D eigenvalue weighted by Crippen LogP contribution is 2.30. The van der Waals surface area contributed by atoms with Crippen LogP contribution >= 0.6 is 0 Å². The Morgan fingerprint density at radius 3 is 1.15 bits per heavy atom. The summed E-state index contributed by atoms with van der Waals surface area (Å²) in [5.41, 5.74) is 12.6. The maximum atomic E-state index is 4.97. The molecule has 0 aliphatic carbocycles. The van der Waals surface area contributed by atoms with Crippen molar-refractivity contribution in [2.75, 3.05) is 0 Å². The van der Waals surface area contributed by atoms with E-state index in [1.54, 1.807) is 0 Å². The zero-order valence-corrected chi connectivity index (χ0v) is 23.3. The first-order valence-corrected chi connectivity index (χ1v) is 13.6. The van der Waals surface area contributed by atoms with E-state index < -0.39 is 0 Å². The molecule has 0 atom stereocenters. The summed E-state index contributed by atoms with van der Waals surface area (Å²) >= 11 is 0. The van der Waals surface area contributed by atoms with Gasteiger partial charge in [0.2, 0.25) is 0 Å². The molecule has 0 aliphatic heterocycles. The number of benzene rings is 5. The second-order valence-electron chi connectivity index (χ2n) is 10.4. The Balaban J connectivity index is 1.44. The molecule has 3 heteroatoms. The van der Waals surface area contributed by atoms with Crippen molar-refractivity contribution in [3.63, 3.8) is 0 Å². The predicted molar refractivity (Wildman–Crippen MR) is 166 cm³/mol. The van der Waals surface area contributed by atoms with Crippen molar-refractivity contribution >= 4 is 0 Å². The topological polar surface area (TPSA) is 38.7 Å². The van der Waals surface area contributed by atoms with Crippen molar-refractivity contribution in [3.05, 3.63) is 138 Å². The fourth-order valence-corrected chi connectivity index (χ4v) is 4.93. The van der Waals surface area contributed by atoms with Crippen molar-refractivity contribution in [2.45, 2.75) is 27.7 Å². The van der Waals surface area contributed by atoms with Crippen LogP contribution in [-0.2, 0) is 0 Å². The van der Waals surface area contributed by atoms with Crippen molar-refractivity contribution in [3.8, 4) is 56.4 Å². The summed E-state index contributed by atoms with van der Waals surface area (Å²) in [6.45, 7) is 8.54. The minimum absolute atomic E-state index is 0.665. The van der Waals surface area contributed by atoms with Crippen LogP contribution in [0.3, 0.4) is 0 Å². The summed E-state index contributed by atoms with van der Waals surface area (Å²) in [4.78, 5) is 14.9. The number of nitrogens with zero attached hydrogens (tertiary/aromatic N) is 3. The van der Waals surface area contributed by atoms with Gasteiger partial charge in [-0.3, -0.25) is 0 Å². The lowest BCUT2D eigenvalue weighted by Crippen LogP contribution is -2.01. The summed E-state index contributed by atoms with van der Waals surface area (Å²) in [5.74, 6) is 2.01. The monoisotopic (exact) mass is 517 g/mol. The zero-order valence-electron chi connectivity index (χ0n) is 23.3. The average molecular weight is 518 g/mol. The Labute approximate surface area is 236 Å². The smallest absolute Gasteiger partial charge is 0.164 e. The minimum atomic E-state index is 0.665. The van der Waals surface area contributed by atoms with Crippen LogP contribution in [0, 0.1) is 27.7 Å². The van der Waals surface area contributed by atoms with Gasteiger partial charge < -0.3 is 0 Å². The quantitative estimate of drug-likeness (QED) is 0.229. The lowest BCUT2D eigenvalue weighted by molar-refractivity contribution is 1.07. The van der Waals surface area contributed by atoms with Gasteiger partial charge in [0, 0.05) is 16.7 Å². The SMILES string of the molecule is Cc1ccc(-c2ccc(-c3nc(-c4ccc(-c5ccccc5)cc4)nc(-c4cc(C)c(C)c(C)c4)n3)cc2)cc1. The molecule has 0 N–H and O–H groups in total. The number of aryl methyl sites for hydroxylation is 3. The molecule has 0 bridgehead atoms. The van der Waals surface area contributed by atoms with Crippen LogP contribution in [0.4, 0.5) is 0 Å². The molecule has 0 spiro atoms. The third-order valence-electron chi connectivity index (χ3n) is 7.60. The van der Waals surface area contributed by atoms with Crippen molar-refractivity contribution < 1.29 is 0 Å². The average Bonchev–Trinajstić information content (AvgIpc) is 3.00. The highest BCUT2D eigenvalue weighted by Gasteiger charge is 2.14. The number of hydrogen-bond acceptors (Lipinski definition) is 3. The molecule has 0 saturated carbocycles. The molecule has 194 valence electrons. The van der Waals surface area contributed by atoms with Crippen molar-refractivity contribution in [2.24, 2.45) is 0 Å². The fourth-order valence-electron chi connectivity index (χ4n) is 4.93. The van der Waals surface area contributed by atoms with Crippen molar-refractivity contribution in [1.29, 1.82) is 0 Å². The van der Waals surface area contributed by atoms with Gasteiger partial charge >= 0.3 is 0 Å². The van der Waals surface area contributed by atoms with Gasteiger partial charge in [-0.25, -0.2) is 15.0 Å². The standard InChI is InChI=1S/C37H31N3/c1-24-10-12-29(13-11-24)31-16-20-33(21-17-31)36-38-35(32-18-14-30(15-19-32)28-8-6-5-7-9-28)39-37(40-36)34-22-25(2)27(4)26(3)23-34/h5-23H,1-4H3. The lowest BCUT2D eigenvalue weighted by atomic mass is 10.00. The highest BCUT2D eigenvalue weighted by molar-refractivity contribution is 5.72. The van der Waals surface area contributed by atoms with Gasteiger partial charge in [-0.2, -0.15) is 0 Å². The van der Waals surface area contributed by atoms with Crippen LogP contribution in [0.1, 0.15) is 22.3 Å². The van der Waals surface area contributed by atoms with Gasteiger partial charge in [0.15, 0.2) is 17.5 Å². The van der Waals surface area contributed by atoms with Crippen LogP contribution in [0.5, 0.6) is 0 Å². The van der Waals surface area contributed by atoms with E-state index in [1.807, 2.05) is 6.07 Å². The normalized spacial score (nSPS) is 11.0. The molecule has 6 aromatic rings. The van der Waals surface area contributed by atoms with Crippen LogP contribution < -0.4 is 0 Å². The molecule has 0 aliphatic rings. The van der Waals surface area contributed by atoms with Gasteiger partial charge in [-0.05, 0) is 78.8 Å². The van der Waals surface area contributed by atoms with Crippen LogP contribution in [0.25, 0.3) is 56.4 Å². The van der Waals surface area contributed by atoms with Crippen LogP contribution in [-0.4, -0.2) is 15.0 Å². The molecular formula is C37H31N3. The van der Waals surface area contributed by atoms with E-state index in [0.29, 0.717) is 17.5 Å². The Kier molecular flexibility index (Phi) is 6.79. The van der Waals surface area contributed by atoms with Gasteiger partial charge in [-0.15, -0.1) is 0 Å². The third-order valence-corrected chi connectivity index (χ3v) is 7.60. The molecule has 1 aromatic heterocycles. The number of aromatic nitrogens is 3. The fraction of sp³-hybridized carbons (Fsp3) is 0.108. The Morgan fingerprint density at radius 2 is 0.700 bits per heavy atom. The van der Waals surface area contributed by atoms with E-state index in [0.717, 1.165) is 22.3 Å². The Morgan fingerprint density at radius 1 is 0.350 bits per heavy atom. The second kappa shape index (κ2) is 10.7. The third kappa shape index (κ3) is 5.19. The van der Waals surface area contributed by atoms with E-state index in [1.165, 1.54) is 38.9 Å². The van der Waals surface area contributed by atoms with E-state index in [4.69, 9.17) is 15.0 Å². The molecule has 0 radical (unpaired) electrons. The van der Waals surface area contributed by atoms with Gasteiger partial charge in [0.1, 0.15) is 0 Å².